The molecule has 1 unspecified atom stereocenters. The van der Waals surface area contributed by atoms with Crippen LogP contribution in [0.2, 0.25) is 0 Å². The smallest absolute Gasteiger partial charge is 0.141 e. The Morgan fingerprint density at radius 1 is 1.37 bits per heavy atom. The third-order valence-corrected chi connectivity index (χ3v) is 4.51. The molecule has 0 saturated heterocycles. The van der Waals surface area contributed by atoms with Crippen LogP contribution in [-0.2, 0) is 6.42 Å². The van der Waals surface area contributed by atoms with Crippen LogP contribution >= 0.6 is 31.9 Å². The minimum atomic E-state index is -0.344. The average Bonchev–Trinajstić information content (AvgIpc) is 2.88. The van der Waals surface area contributed by atoms with Crippen LogP contribution < -0.4 is 4.74 Å². The lowest BCUT2D eigenvalue weighted by Crippen LogP contribution is -1.99. The highest BCUT2D eigenvalue weighted by Gasteiger charge is 2.21. The lowest BCUT2D eigenvalue weighted by atomic mass is 10.0. The number of rotatable bonds is 4. The van der Waals surface area contributed by atoms with E-state index < -0.39 is 0 Å². The first kappa shape index (κ1) is 14.6. The maximum atomic E-state index is 13.5. The number of aryl methyl sites for hydroxylation is 1. The van der Waals surface area contributed by atoms with Gasteiger partial charge in [0, 0.05) is 23.6 Å². The first-order valence-corrected chi connectivity index (χ1v) is 7.52. The van der Waals surface area contributed by atoms with Crippen molar-refractivity contribution in [3.63, 3.8) is 0 Å². The van der Waals surface area contributed by atoms with Crippen LogP contribution in [-0.4, -0.2) is 7.11 Å². The van der Waals surface area contributed by atoms with Gasteiger partial charge in [0.15, 0.2) is 0 Å². The first-order valence-electron chi connectivity index (χ1n) is 5.81. The van der Waals surface area contributed by atoms with Gasteiger partial charge in [-0.2, -0.15) is 0 Å². The lowest BCUT2D eigenvalue weighted by molar-refractivity contribution is 0.406. The van der Waals surface area contributed by atoms with Gasteiger partial charge < -0.3 is 9.15 Å². The molecule has 0 fully saturated rings. The van der Waals surface area contributed by atoms with E-state index in [0.717, 1.165) is 23.3 Å². The van der Waals surface area contributed by atoms with Crippen LogP contribution in [0.1, 0.15) is 28.6 Å². The monoisotopic (exact) mass is 390 g/mol. The third-order valence-electron chi connectivity index (χ3n) is 2.92. The van der Waals surface area contributed by atoms with E-state index in [4.69, 9.17) is 9.15 Å². The fourth-order valence-corrected chi connectivity index (χ4v) is 3.08. The fourth-order valence-electron chi connectivity index (χ4n) is 1.95. The molecule has 2 rings (SSSR count). The fraction of sp³-hybridized carbons (Fsp3) is 0.286. The Balaban J connectivity index is 2.49. The van der Waals surface area contributed by atoms with E-state index in [1.807, 2.05) is 13.0 Å². The summed E-state index contributed by atoms with van der Waals surface area (Å²) in [4.78, 5) is -0.104. The third kappa shape index (κ3) is 2.87. The highest BCUT2D eigenvalue weighted by molar-refractivity contribution is 9.10. The Kier molecular flexibility index (Phi) is 4.68. The molecule has 0 radical (unpaired) electrons. The van der Waals surface area contributed by atoms with E-state index in [-0.39, 0.29) is 10.6 Å². The van der Waals surface area contributed by atoms with Gasteiger partial charge in [-0.05, 0) is 28.1 Å². The van der Waals surface area contributed by atoms with Crippen molar-refractivity contribution in [1.82, 2.24) is 0 Å². The van der Waals surface area contributed by atoms with Gasteiger partial charge in [-0.1, -0.05) is 22.9 Å². The molecule has 5 heteroatoms. The number of benzene rings is 1. The van der Waals surface area contributed by atoms with Crippen LogP contribution in [0.25, 0.3) is 0 Å². The second kappa shape index (κ2) is 6.09. The predicted molar refractivity (Wildman–Crippen MR) is 79.5 cm³/mol. The van der Waals surface area contributed by atoms with Crippen molar-refractivity contribution in [3.05, 3.63) is 51.6 Å². The zero-order chi connectivity index (χ0) is 14.0. The summed E-state index contributed by atoms with van der Waals surface area (Å²) in [6, 6.07) is 5.01. The largest absolute Gasteiger partial charge is 0.496 e. The second-order valence-electron chi connectivity index (χ2n) is 4.02. The Morgan fingerprint density at radius 3 is 2.74 bits per heavy atom. The number of ether oxygens (including phenoxy) is 1. The molecule has 2 aromatic rings. The van der Waals surface area contributed by atoms with Crippen molar-refractivity contribution >= 4 is 31.9 Å². The summed E-state index contributed by atoms with van der Waals surface area (Å²) in [5.74, 6) is 1.07. The van der Waals surface area contributed by atoms with E-state index in [1.165, 1.54) is 13.2 Å². The molecule has 1 heterocycles. The van der Waals surface area contributed by atoms with Gasteiger partial charge in [0.2, 0.25) is 0 Å². The van der Waals surface area contributed by atoms with Crippen molar-refractivity contribution < 1.29 is 13.5 Å². The summed E-state index contributed by atoms with van der Waals surface area (Å²) in [7, 11) is 1.53. The number of methoxy groups -OCH3 is 1. The van der Waals surface area contributed by atoms with Gasteiger partial charge in [-0.25, -0.2) is 4.39 Å². The molecule has 2 nitrogen and oxygen atoms in total. The summed E-state index contributed by atoms with van der Waals surface area (Å²) in [5, 5.41) is 0. The number of halogens is 3. The molecule has 0 aliphatic rings. The summed E-state index contributed by atoms with van der Waals surface area (Å²) in [6.07, 6.45) is 2.46. The molecule has 1 aromatic heterocycles. The van der Waals surface area contributed by atoms with Crippen molar-refractivity contribution in [2.45, 2.75) is 18.2 Å². The molecular formula is C14H13Br2FO2. The highest BCUT2D eigenvalue weighted by atomic mass is 79.9. The molecule has 0 amide bonds. The normalized spacial score (nSPS) is 12.5. The summed E-state index contributed by atoms with van der Waals surface area (Å²) >= 11 is 6.83. The van der Waals surface area contributed by atoms with Crippen molar-refractivity contribution in [2.75, 3.05) is 7.11 Å². The van der Waals surface area contributed by atoms with E-state index in [1.54, 1.807) is 12.3 Å². The summed E-state index contributed by atoms with van der Waals surface area (Å²) in [5.41, 5.74) is 1.88. The molecular weight excluding hydrogens is 379 g/mol. The van der Waals surface area contributed by atoms with Gasteiger partial charge in [-0.3, -0.25) is 0 Å². The molecule has 19 heavy (non-hydrogen) atoms. The van der Waals surface area contributed by atoms with Crippen molar-refractivity contribution in [1.29, 1.82) is 0 Å². The molecule has 0 spiro atoms. The molecule has 0 bridgehead atoms. The van der Waals surface area contributed by atoms with Crippen molar-refractivity contribution in [3.8, 4) is 5.75 Å². The summed E-state index contributed by atoms with van der Waals surface area (Å²) < 4.78 is 24.6. The molecule has 1 atom stereocenters. The second-order valence-corrected chi connectivity index (χ2v) is 5.79. The summed E-state index contributed by atoms with van der Waals surface area (Å²) in [6.45, 7) is 2.03. The minimum absolute atomic E-state index is 0.104. The SMILES string of the molecule is CCc1occc1C(Br)c1cc(Br)c(F)cc1OC. The van der Waals surface area contributed by atoms with Crippen LogP contribution in [0.4, 0.5) is 4.39 Å². The van der Waals surface area contributed by atoms with E-state index in [0.29, 0.717) is 10.2 Å². The Hall–Kier alpha value is -0.810. The van der Waals surface area contributed by atoms with Gasteiger partial charge in [0.05, 0.1) is 22.7 Å². The number of hydrogen-bond donors (Lipinski definition) is 0. The Bertz CT molecular complexity index is 581. The van der Waals surface area contributed by atoms with Crippen LogP contribution in [0.5, 0.6) is 5.75 Å². The first-order chi connectivity index (χ1) is 9.08. The van der Waals surface area contributed by atoms with E-state index >= 15 is 0 Å². The standard InChI is InChI=1S/C14H13Br2FO2/c1-3-12-8(4-5-19-12)14(16)9-6-10(15)11(17)7-13(9)18-2/h4-7,14H,3H2,1-2H3. The maximum Gasteiger partial charge on any atom is 0.141 e. The quantitative estimate of drug-likeness (QED) is 0.665. The zero-order valence-electron chi connectivity index (χ0n) is 10.5. The van der Waals surface area contributed by atoms with Gasteiger partial charge >= 0.3 is 0 Å². The van der Waals surface area contributed by atoms with E-state index in [2.05, 4.69) is 31.9 Å². The maximum absolute atomic E-state index is 13.5. The lowest BCUT2D eigenvalue weighted by Gasteiger charge is -2.15. The van der Waals surface area contributed by atoms with Crippen LogP contribution in [0.15, 0.2) is 33.4 Å². The molecule has 0 N–H and O–H groups in total. The zero-order valence-corrected chi connectivity index (χ0v) is 13.7. The minimum Gasteiger partial charge on any atom is -0.496 e. The number of hydrogen-bond acceptors (Lipinski definition) is 2. The Labute approximate surface area is 128 Å². The molecule has 102 valence electrons. The van der Waals surface area contributed by atoms with Crippen molar-refractivity contribution in [2.24, 2.45) is 0 Å². The van der Waals surface area contributed by atoms with Gasteiger partial charge in [-0.15, -0.1) is 0 Å². The Morgan fingerprint density at radius 2 is 2.11 bits per heavy atom. The molecule has 1 aromatic carbocycles. The average molecular weight is 392 g/mol. The number of furan rings is 1. The predicted octanol–water partition coefficient (Wildman–Crippen LogP) is 5.24. The molecule has 0 aliphatic heterocycles. The van der Waals surface area contributed by atoms with Crippen LogP contribution in [0, 0.1) is 5.82 Å². The topological polar surface area (TPSA) is 22.4 Å². The van der Waals surface area contributed by atoms with Crippen LogP contribution in [0.3, 0.4) is 0 Å². The number of alkyl halides is 1. The highest BCUT2D eigenvalue weighted by Crippen LogP contribution is 2.40. The van der Waals surface area contributed by atoms with Gasteiger partial charge in [0.25, 0.3) is 0 Å². The molecule has 0 saturated carbocycles. The van der Waals surface area contributed by atoms with E-state index in [9.17, 15) is 4.39 Å². The van der Waals surface area contributed by atoms with Gasteiger partial charge in [0.1, 0.15) is 17.3 Å². The molecule has 0 aliphatic carbocycles.